The zero-order valence-corrected chi connectivity index (χ0v) is 27.1. The van der Waals surface area contributed by atoms with Crippen LogP contribution in [0.15, 0.2) is 0 Å². The normalized spacial score (nSPS) is 31.5. The third-order valence-electron chi connectivity index (χ3n) is 9.30. The van der Waals surface area contributed by atoms with E-state index in [1.54, 1.807) is 20.8 Å². The molecule has 0 aromatic heterocycles. The van der Waals surface area contributed by atoms with Gasteiger partial charge in [-0.2, -0.15) is 12.7 Å². The summed E-state index contributed by atoms with van der Waals surface area (Å²) in [5.41, 5.74) is -2.05. The lowest BCUT2D eigenvalue weighted by Crippen LogP contribution is -2.60. The fraction of sp³-hybridized carbons (Fsp3) is 0.867. The van der Waals surface area contributed by atoms with E-state index in [9.17, 15) is 27.6 Å². The standard InChI is InChI=1S/C30H51N5O7S/c1-5-22-15-11-12-19-35(22)43(40,41)33-27(38)30-20-21(30)14-9-7-6-8-10-16-23(31-28(39)42-29(2,3)4)26(37)34-18-13-17-24(34)25(36)32-30/h21-24H,5-20H2,1-4H3,(H,31,39)(H,32,36)(H,33,38)/t21-,22?,23+,24+,30-/m1/s1. The number of piperidine rings is 1. The number of fused-ring (bicyclic) bond motifs is 2. The van der Waals surface area contributed by atoms with Crippen LogP contribution in [0.5, 0.6) is 0 Å². The molecule has 244 valence electrons. The van der Waals surface area contributed by atoms with Crippen LogP contribution in [0.3, 0.4) is 0 Å². The molecule has 0 aromatic carbocycles. The topological polar surface area (TPSA) is 154 Å². The van der Waals surface area contributed by atoms with Gasteiger partial charge in [-0.3, -0.25) is 14.4 Å². The summed E-state index contributed by atoms with van der Waals surface area (Å²) in [7, 11) is -4.08. The van der Waals surface area contributed by atoms with E-state index in [4.69, 9.17) is 4.74 Å². The molecular weight excluding hydrogens is 574 g/mol. The second kappa shape index (κ2) is 13.7. The van der Waals surface area contributed by atoms with Crippen LogP contribution in [-0.4, -0.2) is 83.8 Å². The van der Waals surface area contributed by atoms with Crippen LogP contribution in [0.25, 0.3) is 0 Å². The summed E-state index contributed by atoms with van der Waals surface area (Å²) in [5.74, 6) is -1.68. The maximum atomic E-state index is 13.8. The van der Waals surface area contributed by atoms with Crippen molar-refractivity contribution < 1.29 is 32.3 Å². The third-order valence-corrected chi connectivity index (χ3v) is 10.8. The van der Waals surface area contributed by atoms with E-state index < -0.39 is 51.3 Å². The lowest BCUT2D eigenvalue weighted by atomic mass is 10.0. The molecule has 0 spiro atoms. The molecular formula is C30H51N5O7S. The number of amides is 4. The SMILES string of the molecule is CCC1CCCCN1S(=O)(=O)NC(=O)[C@@]12C[C@H]1CCCCCCC[C@H](NC(=O)OC(C)(C)C)C(=O)N1CCC[C@H]1C(=O)N2. The highest BCUT2D eigenvalue weighted by Crippen LogP contribution is 2.48. The number of nitrogens with zero attached hydrogens (tertiary/aromatic N) is 2. The van der Waals surface area contributed by atoms with Gasteiger partial charge < -0.3 is 20.3 Å². The first-order valence-electron chi connectivity index (χ1n) is 16.2. The second-order valence-corrected chi connectivity index (χ2v) is 15.3. The minimum absolute atomic E-state index is 0.158. The first kappa shape index (κ1) is 33.5. The van der Waals surface area contributed by atoms with Crippen molar-refractivity contribution in [3.8, 4) is 0 Å². The Hall–Kier alpha value is -2.41. The summed E-state index contributed by atoms with van der Waals surface area (Å²) >= 11 is 0. The number of carbonyl (C=O) groups excluding carboxylic acids is 4. The Bertz CT molecular complexity index is 1160. The number of ether oxygens (including phenoxy) is 1. The fourth-order valence-corrected chi connectivity index (χ4v) is 8.46. The van der Waals surface area contributed by atoms with E-state index in [1.807, 2.05) is 6.92 Å². The lowest BCUT2D eigenvalue weighted by Gasteiger charge is -2.34. The quantitative estimate of drug-likeness (QED) is 0.424. The Morgan fingerprint density at radius 2 is 1.63 bits per heavy atom. The Morgan fingerprint density at radius 3 is 2.33 bits per heavy atom. The van der Waals surface area contributed by atoms with Gasteiger partial charge in [-0.05, 0) is 78.1 Å². The minimum atomic E-state index is -4.08. The van der Waals surface area contributed by atoms with E-state index in [2.05, 4.69) is 15.4 Å². The highest BCUT2D eigenvalue weighted by atomic mass is 32.2. The zero-order chi connectivity index (χ0) is 31.4. The predicted molar refractivity (Wildman–Crippen MR) is 161 cm³/mol. The number of hydrogen-bond donors (Lipinski definition) is 3. The predicted octanol–water partition coefficient (Wildman–Crippen LogP) is 3.12. The van der Waals surface area contributed by atoms with E-state index >= 15 is 0 Å². The van der Waals surface area contributed by atoms with Crippen LogP contribution in [0, 0.1) is 5.92 Å². The fourth-order valence-electron chi connectivity index (χ4n) is 6.91. The molecule has 13 heteroatoms. The van der Waals surface area contributed by atoms with Gasteiger partial charge in [-0.1, -0.05) is 45.4 Å². The smallest absolute Gasteiger partial charge is 0.408 e. The molecule has 12 nitrogen and oxygen atoms in total. The summed E-state index contributed by atoms with van der Waals surface area (Å²) < 4.78 is 35.9. The molecule has 4 amide bonds. The molecule has 3 aliphatic heterocycles. The highest BCUT2D eigenvalue weighted by molar-refractivity contribution is 7.87. The summed E-state index contributed by atoms with van der Waals surface area (Å²) in [5, 5.41) is 5.66. The van der Waals surface area contributed by atoms with Crippen LogP contribution in [0.4, 0.5) is 4.79 Å². The van der Waals surface area contributed by atoms with Crippen molar-refractivity contribution in [3.63, 3.8) is 0 Å². The van der Waals surface area contributed by atoms with Gasteiger partial charge in [0.2, 0.25) is 11.8 Å². The van der Waals surface area contributed by atoms with Gasteiger partial charge in [-0.25, -0.2) is 9.52 Å². The van der Waals surface area contributed by atoms with E-state index in [-0.39, 0.29) is 17.9 Å². The minimum Gasteiger partial charge on any atom is -0.444 e. The van der Waals surface area contributed by atoms with E-state index in [0.717, 1.165) is 51.4 Å². The molecule has 43 heavy (non-hydrogen) atoms. The zero-order valence-electron chi connectivity index (χ0n) is 26.3. The van der Waals surface area contributed by atoms with Crippen LogP contribution in [0.2, 0.25) is 0 Å². The lowest BCUT2D eigenvalue weighted by molar-refractivity contribution is -0.141. The van der Waals surface area contributed by atoms with Gasteiger partial charge in [0.05, 0.1) is 0 Å². The van der Waals surface area contributed by atoms with Gasteiger partial charge in [0.1, 0.15) is 23.2 Å². The second-order valence-electron chi connectivity index (χ2n) is 13.7. The molecule has 0 bridgehead atoms. The molecule has 0 radical (unpaired) electrons. The number of alkyl carbamates (subject to hydrolysis) is 1. The largest absolute Gasteiger partial charge is 0.444 e. The van der Waals surface area contributed by atoms with Gasteiger partial charge in [0.25, 0.3) is 5.91 Å². The summed E-state index contributed by atoms with van der Waals surface area (Å²) in [6.07, 6.45) is 9.26. The molecule has 4 fully saturated rings. The number of nitrogens with one attached hydrogen (secondary N) is 3. The van der Waals surface area contributed by atoms with Crippen molar-refractivity contribution in [1.82, 2.24) is 24.6 Å². The van der Waals surface area contributed by atoms with Crippen LogP contribution >= 0.6 is 0 Å². The third kappa shape index (κ3) is 8.20. The highest BCUT2D eigenvalue weighted by Gasteiger charge is 2.62. The molecule has 1 unspecified atom stereocenters. The number of carbonyl (C=O) groups is 4. The average Bonchev–Trinajstić information content (AvgIpc) is 3.39. The molecule has 4 rings (SSSR count). The summed E-state index contributed by atoms with van der Waals surface area (Å²) in [6.45, 7) is 7.92. The Morgan fingerprint density at radius 1 is 0.953 bits per heavy atom. The molecule has 5 atom stereocenters. The Kier molecular flexibility index (Phi) is 10.7. The summed E-state index contributed by atoms with van der Waals surface area (Å²) in [4.78, 5) is 55.3. The van der Waals surface area contributed by atoms with Crippen molar-refractivity contribution in [2.45, 2.75) is 147 Å². The monoisotopic (exact) mass is 625 g/mol. The first-order chi connectivity index (χ1) is 20.3. The molecule has 1 aliphatic carbocycles. The molecule has 3 saturated heterocycles. The van der Waals surface area contributed by atoms with Crippen molar-refractivity contribution in [3.05, 3.63) is 0 Å². The Labute approximate surface area is 256 Å². The molecule has 1 saturated carbocycles. The van der Waals surface area contributed by atoms with E-state index in [0.29, 0.717) is 51.6 Å². The van der Waals surface area contributed by atoms with Gasteiger partial charge >= 0.3 is 16.3 Å². The van der Waals surface area contributed by atoms with Crippen molar-refractivity contribution >= 4 is 34.0 Å². The van der Waals surface area contributed by atoms with E-state index in [1.165, 1.54) is 9.21 Å². The van der Waals surface area contributed by atoms with Crippen LogP contribution < -0.4 is 15.4 Å². The molecule has 3 N–H and O–H groups in total. The molecule has 3 heterocycles. The van der Waals surface area contributed by atoms with Gasteiger partial charge in [-0.15, -0.1) is 0 Å². The van der Waals surface area contributed by atoms with Crippen LogP contribution in [0.1, 0.15) is 118 Å². The molecule has 4 aliphatic rings. The van der Waals surface area contributed by atoms with Gasteiger partial charge in [0, 0.05) is 19.1 Å². The van der Waals surface area contributed by atoms with Crippen molar-refractivity contribution in [2.24, 2.45) is 5.92 Å². The van der Waals surface area contributed by atoms with Crippen LogP contribution in [-0.2, 0) is 29.3 Å². The maximum Gasteiger partial charge on any atom is 0.408 e. The van der Waals surface area contributed by atoms with Crippen molar-refractivity contribution in [1.29, 1.82) is 0 Å². The number of hydrogen-bond acceptors (Lipinski definition) is 7. The average molecular weight is 626 g/mol. The number of rotatable bonds is 5. The van der Waals surface area contributed by atoms with Gasteiger partial charge in [0.15, 0.2) is 0 Å². The maximum absolute atomic E-state index is 13.8. The first-order valence-corrected chi connectivity index (χ1v) is 17.7. The Balaban J connectivity index is 1.53. The van der Waals surface area contributed by atoms with Crippen molar-refractivity contribution in [2.75, 3.05) is 13.1 Å². The summed E-state index contributed by atoms with van der Waals surface area (Å²) in [6, 6.07) is -1.80. The molecule has 0 aromatic rings.